The van der Waals surface area contributed by atoms with Gasteiger partial charge in [-0.1, -0.05) is 11.8 Å². The average molecular weight is 340 g/mol. The first kappa shape index (κ1) is 19.7. The molecule has 6 nitrogen and oxygen atoms in total. The number of hydrogen-bond acceptors (Lipinski definition) is 6. The molecule has 7 heteroatoms. The highest BCUT2D eigenvalue weighted by molar-refractivity contribution is 7.48. The van der Waals surface area contributed by atoms with Gasteiger partial charge >= 0.3 is 7.82 Å². The Morgan fingerprint density at radius 2 is 1.78 bits per heavy atom. The van der Waals surface area contributed by atoms with E-state index in [-0.39, 0.29) is 25.4 Å². The maximum absolute atomic E-state index is 12.7. The zero-order valence-electron chi connectivity index (χ0n) is 14.0. The number of benzene rings is 1. The molecule has 0 saturated heterocycles. The Balaban J connectivity index is 2.96. The summed E-state index contributed by atoms with van der Waals surface area (Å²) in [5, 5.41) is 0. The van der Waals surface area contributed by atoms with Crippen molar-refractivity contribution in [1.29, 1.82) is 0 Å². The van der Waals surface area contributed by atoms with E-state index in [1.165, 1.54) is 0 Å². The van der Waals surface area contributed by atoms with Crippen LogP contribution in [0.15, 0.2) is 18.2 Å². The van der Waals surface area contributed by atoms with Gasteiger partial charge in [0.1, 0.15) is 0 Å². The fraction of sp³-hybridized carbons (Fsp3) is 0.500. The third-order valence-corrected chi connectivity index (χ3v) is 4.32. The fourth-order valence-corrected chi connectivity index (χ4v) is 3.25. The molecule has 128 valence electrons. The maximum Gasteiger partial charge on any atom is 0.475 e. The molecule has 0 saturated carbocycles. The molecule has 0 fully saturated rings. The number of phosphoric acid groups is 1. The smallest absolute Gasteiger partial charge is 0.399 e. The van der Waals surface area contributed by atoms with Crippen molar-refractivity contribution in [1.82, 2.24) is 0 Å². The standard InChI is InChI=1S/C16H25N2O4P/c1-12(2)21-23(19,22-13(3)4)20-11-15-10-16(18)8-7-14(15)6-5-9-17/h7-8,10,12-13H,9,11,17-18H2,1-4H3. The normalized spacial score (nSPS) is 11.6. The van der Waals surface area contributed by atoms with Crippen molar-refractivity contribution in [2.24, 2.45) is 5.73 Å². The highest BCUT2D eigenvalue weighted by Gasteiger charge is 2.30. The second-order valence-corrected chi connectivity index (χ2v) is 7.03. The third kappa shape index (κ3) is 7.17. The summed E-state index contributed by atoms with van der Waals surface area (Å²) >= 11 is 0. The lowest BCUT2D eigenvalue weighted by atomic mass is 10.1. The van der Waals surface area contributed by atoms with Gasteiger partial charge in [-0.3, -0.25) is 13.6 Å². The molecule has 0 atom stereocenters. The minimum Gasteiger partial charge on any atom is -0.399 e. The van der Waals surface area contributed by atoms with E-state index in [9.17, 15) is 4.57 Å². The second-order valence-electron chi connectivity index (χ2n) is 5.45. The monoisotopic (exact) mass is 340 g/mol. The summed E-state index contributed by atoms with van der Waals surface area (Å²) in [4.78, 5) is 0. The van der Waals surface area contributed by atoms with Gasteiger partial charge < -0.3 is 11.5 Å². The average Bonchev–Trinajstić information content (AvgIpc) is 2.42. The van der Waals surface area contributed by atoms with Gasteiger partial charge in [-0.2, -0.15) is 0 Å². The van der Waals surface area contributed by atoms with Crippen molar-refractivity contribution >= 4 is 13.5 Å². The summed E-state index contributed by atoms with van der Waals surface area (Å²) in [7, 11) is -3.67. The Labute approximate surface area is 138 Å². The first-order chi connectivity index (χ1) is 10.8. The topological polar surface area (TPSA) is 96.8 Å². The van der Waals surface area contributed by atoms with Gasteiger partial charge in [0, 0.05) is 11.3 Å². The van der Waals surface area contributed by atoms with Crippen LogP contribution in [0.4, 0.5) is 5.69 Å². The molecule has 0 aromatic heterocycles. The zero-order valence-corrected chi connectivity index (χ0v) is 14.9. The molecule has 0 bridgehead atoms. The Morgan fingerprint density at radius 1 is 1.17 bits per heavy atom. The second kappa shape index (κ2) is 9.07. The Bertz CT molecular complexity index is 606. The zero-order chi connectivity index (χ0) is 17.5. The molecule has 0 aliphatic carbocycles. The molecule has 1 rings (SSSR count). The van der Waals surface area contributed by atoms with Crippen molar-refractivity contribution in [3.05, 3.63) is 29.3 Å². The molecular formula is C16H25N2O4P. The molecule has 1 aromatic rings. The molecule has 0 radical (unpaired) electrons. The summed E-state index contributed by atoms with van der Waals surface area (Å²) in [5.41, 5.74) is 13.2. The molecule has 0 amide bonds. The summed E-state index contributed by atoms with van der Waals surface area (Å²) in [6, 6.07) is 5.22. The highest BCUT2D eigenvalue weighted by Crippen LogP contribution is 2.52. The number of hydrogen-bond donors (Lipinski definition) is 2. The molecule has 23 heavy (non-hydrogen) atoms. The molecular weight excluding hydrogens is 315 g/mol. The first-order valence-corrected chi connectivity index (χ1v) is 8.90. The van der Waals surface area contributed by atoms with Crippen LogP contribution in [0.1, 0.15) is 38.8 Å². The van der Waals surface area contributed by atoms with Crippen LogP contribution in [0.25, 0.3) is 0 Å². The number of nitrogens with two attached hydrogens (primary N) is 2. The van der Waals surface area contributed by atoms with Crippen molar-refractivity contribution < 1.29 is 18.1 Å². The number of phosphoric ester groups is 1. The highest BCUT2D eigenvalue weighted by atomic mass is 31.2. The summed E-state index contributed by atoms with van der Waals surface area (Å²) in [6.45, 7) is 7.31. The van der Waals surface area contributed by atoms with E-state index in [4.69, 9.17) is 25.0 Å². The Morgan fingerprint density at radius 3 is 2.30 bits per heavy atom. The first-order valence-electron chi connectivity index (χ1n) is 7.44. The van der Waals surface area contributed by atoms with Gasteiger partial charge in [-0.25, -0.2) is 4.57 Å². The molecule has 0 heterocycles. The minimum absolute atomic E-state index is 0.0103. The van der Waals surface area contributed by atoms with E-state index in [2.05, 4.69) is 11.8 Å². The quantitative estimate of drug-likeness (QED) is 0.450. The molecule has 0 spiro atoms. The van der Waals surface area contributed by atoms with Gasteiger partial charge in [0.05, 0.1) is 25.4 Å². The number of nitrogen functional groups attached to an aromatic ring is 1. The van der Waals surface area contributed by atoms with Crippen LogP contribution in [-0.4, -0.2) is 18.8 Å². The van der Waals surface area contributed by atoms with Gasteiger partial charge in [0.2, 0.25) is 0 Å². The summed E-state index contributed by atoms with van der Waals surface area (Å²) < 4.78 is 28.8. The molecule has 1 aromatic carbocycles. The van der Waals surface area contributed by atoms with Crippen LogP contribution in [0.3, 0.4) is 0 Å². The third-order valence-electron chi connectivity index (χ3n) is 2.51. The van der Waals surface area contributed by atoms with Gasteiger partial charge in [0.15, 0.2) is 0 Å². The fourth-order valence-electron chi connectivity index (χ4n) is 1.75. The summed E-state index contributed by atoms with van der Waals surface area (Å²) in [6.07, 6.45) is -0.589. The lowest BCUT2D eigenvalue weighted by Gasteiger charge is -2.22. The predicted octanol–water partition coefficient (Wildman–Crippen LogP) is 3.05. The van der Waals surface area contributed by atoms with Crippen LogP contribution in [-0.2, 0) is 24.7 Å². The number of rotatable bonds is 7. The Hall–Kier alpha value is -1.35. The van der Waals surface area contributed by atoms with E-state index >= 15 is 0 Å². The van der Waals surface area contributed by atoms with Crippen LogP contribution in [0.5, 0.6) is 0 Å². The van der Waals surface area contributed by atoms with E-state index in [1.807, 2.05) is 0 Å². The Kier molecular flexibility index (Phi) is 7.77. The van der Waals surface area contributed by atoms with Gasteiger partial charge in [-0.05, 0) is 51.5 Å². The van der Waals surface area contributed by atoms with Crippen molar-refractivity contribution in [3.63, 3.8) is 0 Å². The maximum atomic E-state index is 12.7. The van der Waals surface area contributed by atoms with Gasteiger partial charge in [-0.15, -0.1) is 0 Å². The van der Waals surface area contributed by atoms with Crippen LogP contribution < -0.4 is 11.5 Å². The van der Waals surface area contributed by atoms with Crippen LogP contribution >= 0.6 is 7.82 Å². The largest absolute Gasteiger partial charge is 0.475 e. The van der Waals surface area contributed by atoms with Crippen molar-refractivity contribution in [2.75, 3.05) is 12.3 Å². The lowest BCUT2D eigenvalue weighted by molar-refractivity contribution is 0.0682. The van der Waals surface area contributed by atoms with Crippen LogP contribution in [0, 0.1) is 11.8 Å². The molecule has 0 aliphatic heterocycles. The SMILES string of the molecule is CC(C)OP(=O)(OCc1cc(N)ccc1C#CCN)OC(C)C. The molecule has 4 N–H and O–H groups in total. The van der Waals surface area contributed by atoms with E-state index in [0.717, 1.165) is 0 Å². The minimum atomic E-state index is -3.67. The van der Waals surface area contributed by atoms with Crippen molar-refractivity contribution in [2.45, 2.75) is 46.5 Å². The molecule has 0 aliphatic rings. The van der Waals surface area contributed by atoms with E-state index < -0.39 is 7.82 Å². The van der Waals surface area contributed by atoms with Crippen LogP contribution in [0.2, 0.25) is 0 Å². The summed E-state index contributed by atoms with van der Waals surface area (Å²) in [5.74, 6) is 5.71. The van der Waals surface area contributed by atoms with Gasteiger partial charge in [0.25, 0.3) is 0 Å². The van der Waals surface area contributed by atoms with E-state index in [0.29, 0.717) is 16.8 Å². The van der Waals surface area contributed by atoms with Crippen molar-refractivity contribution in [3.8, 4) is 11.8 Å². The predicted molar refractivity (Wildman–Crippen MR) is 91.6 cm³/mol. The lowest BCUT2D eigenvalue weighted by Crippen LogP contribution is -2.10. The number of anilines is 1. The molecule has 0 unspecified atom stereocenters. The van der Waals surface area contributed by atoms with E-state index in [1.54, 1.807) is 45.9 Å².